The summed E-state index contributed by atoms with van der Waals surface area (Å²) in [4.78, 5) is 25.3. The first kappa shape index (κ1) is 19.0. The summed E-state index contributed by atoms with van der Waals surface area (Å²) in [7, 11) is 0. The summed E-state index contributed by atoms with van der Waals surface area (Å²) < 4.78 is 5.42. The van der Waals surface area contributed by atoms with Crippen molar-refractivity contribution in [3.63, 3.8) is 0 Å². The van der Waals surface area contributed by atoms with Gasteiger partial charge in [0, 0.05) is 13.1 Å². The van der Waals surface area contributed by atoms with Gasteiger partial charge in [-0.1, -0.05) is 29.8 Å². The van der Waals surface area contributed by atoms with Gasteiger partial charge in [-0.15, -0.1) is 0 Å². The summed E-state index contributed by atoms with van der Waals surface area (Å²) in [6, 6.07) is 7.79. The topological polar surface area (TPSA) is 66.8 Å². The van der Waals surface area contributed by atoms with Crippen molar-refractivity contribution < 1.29 is 19.4 Å². The molecule has 0 saturated carbocycles. The van der Waals surface area contributed by atoms with E-state index in [9.17, 15) is 14.7 Å². The Balaban J connectivity index is 2.98. The Morgan fingerprint density at radius 3 is 2.04 bits per heavy atom. The lowest BCUT2D eigenvalue weighted by Crippen LogP contribution is -2.44. The molecule has 0 aliphatic heterocycles. The largest absolute Gasteiger partial charge is 0.481 e. The molecular weight excluding hydrogens is 294 g/mol. The van der Waals surface area contributed by atoms with Crippen molar-refractivity contribution in [1.29, 1.82) is 0 Å². The molecule has 128 valence electrons. The molecule has 1 aromatic rings. The summed E-state index contributed by atoms with van der Waals surface area (Å²) >= 11 is 0. The average molecular weight is 321 g/mol. The Hall–Kier alpha value is -2.04. The van der Waals surface area contributed by atoms with Crippen LogP contribution in [0, 0.1) is 12.3 Å². The molecule has 1 N–H and O–H groups in total. The van der Waals surface area contributed by atoms with Crippen LogP contribution in [-0.4, -0.2) is 34.2 Å². The normalized spacial score (nSPS) is 11.9. The maximum atomic E-state index is 12.4. The number of amides is 1. The van der Waals surface area contributed by atoms with Crippen LogP contribution in [0.1, 0.15) is 45.7 Å². The van der Waals surface area contributed by atoms with Crippen LogP contribution >= 0.6 is 0 Å². The minimum absolute atomic E-state index is 0.0745. The third kappa shape index (κ3) is 6.30. The number of hydrogen-bond donors (Lipinski definition) is 1. The van der Waals surface area contributed by atoms with Gasteiger partial charge in [0.05, 0.1) is 5.41 Å². The van der Waals surface area contributed by atoms with E-state index in [0.717, 1.165) is 11.1 Å². The van der Waals surface area contributed by atoms with Crippen LogP contribution < -0.4 is 0 Å². The molecule has 1 rings (SSSR count). The van der Waals surface area contributed by atoms with E-state index in [1.807, 2.05) is 31.2 Å². The fourth-order valence-electron chi connectivity index (χ4n) is 1.97. The SMILES string of the molecule is Cc1ccc(CN(CC(C)(C)C(=O)O)C(=O)OC(C)(C)C)cc1. The highest BCUT2D eigenvalue weighted by Crippen LogP contribution is 2.21. The van der Waals surface area contributed by atoms with Gasteiger partial charge in [-0.05, 0) is 47.1 Å². The van der Waals surface area contributed by atoms with Crippen LogP contribution in [0.15, 0.2) is 24.3 Å². The Labute approximate surface area is 138 Å². The minimum atomic E-state index is -1.05. The third-order valence-corrected chi connectivity index (χ3v) is 3.31. The summed E-state index contributed by atoms with van der Waals surface area (Å²) in [5.41, 5.74) is 0.378. The maximum Gasteiger partial charge on any atom is 0.410 e. The van der Waals surface area contributed by atoms with Crippen LogP contribution in [-0.2, 0) is 16.1 Å². The van der Waals surface area contributed by atoms with Crippen molar-refractivity contribution in [3.8, 4) is 0 Å². The van der Waals surface area contributed by atoms with Crippen molar-refractivity contribution in [3.05, 3.63) is 35.4 Å². The molecule has 1 aromatic carbocycles. The zero-order chi connectivity index (χ0) is 17.8. The summed E-state index contributed by atoms with van der Waals surface area (Å²) in [5, 5.41) is 9.33. The van der Waals surface area contributed by atoms with Gasteiger partial charge in [-0.25, -0.2) is 4.79 Å². The Bertz CT molecular complexity index is 555. The fraction of sp³-hybridized carbons (Fsp3) is 0.556. The Kier molecular flexibility index (Phi) is 5.81. The molecule has 0 radical (unpaired) electrons. The van der Waals surface area contributed by atoms with Gasteiger partial charge < -0.3 is 14.7 Å². The smallest absolute Gasteiger partial charge is 0.410 e. The molecule has 0 bridgehead atoms. The molecule has 0 atom stereocenters. The molecule has 0 aliphatic rings. The molecule has 5 heteroatoms. The molecule has 0 aromatic heterocycles. The van der Waals surface area contributed by atoms with Crippen molar-refractivity contribution in [2.24, 2.45) is 5.41 Å². The molecule has 0 fully saturated rings. The monoisotopic (exact) mass is 321 g/mol. The number of ether oxygens (including phenoxy) is 1. The van der Waals surface area contributed by atoms with Crippen LogP contribution in [0.25, 0.3) is 0 Å². The first-order valence-electron chi connectivity index (χ1n) is 7.67. The zero-order valence-corrected chi connectivity index (χ0v) is 14.8. The van der Waals surface area contributed by atoms with Gasteiger partial charge in [-0.3, -0.25) is 4.79 Å². The number of benzene rings is 1. The summed E-state index contributed by atoms with van der Waals surface area (Å²) in [6.45, 7) is 10.9. The van der Waals surface area contributed by atoms with E-state index in [1.165, 1.54) is 4.90 Å². The first-order valence-corrected chi connectivity index (χ1v) is 7.67. The van der Waals surface area contributed by atoms with Gasteiger partial charge >= 0.3 is 12.1 Å². The molecule has 0 aliphatic carbocycles. The van der Waals surface area contributed by atoms with Crippen molar-refractivity contribution in [1.82, 2.24) is 4.90 Å². The number of carbonyl (C=O) groups excluding carboxylic acids is 1. The maximum absolute atomic E-state index is 12.4. The van der Waals surface area contributed by atoms with Gasteiger partial charge in [0.25, 0.3) is 0 Å². The van der Waals surface area contributed by atoms with Gasteiger partial charge in [0.1, 0.15) is 5.60 Å². The van der Waals surface area contributed by atoms with E-state index in [-0.39, 0.29) is 6.54 Å². The number of aryl methyl sites for hydroxylation is 1. The van der Waals surface area contributed by atoms with Crippen molar-refractivity contribution in [2.75, 3.05) is 6.54 Å². The van der Waals surface area contributed by atoms with E-state index < -0.39 is 23.1 Å². The lowest BCUT2D eigenvalue weighted by Gasteiger charge is -2.32. The molecule has 5 nitrogen and oxygen atoms in total. The van der Waals surface area contributed by atoms with E-state index in [1.54, 1.807) is 34.6 Å². The molecule has 23 heavy (non-hydrogen) atoms. The number of aliphatic carboxylic acids is 1. The van der Waals surface area contributed by atoms with E-state index >= 15 is 0 Å². The second-order valence-electron chi connectivity index (χ2n) is 7.51. The zero-order valence-electron chi connectivity index (χ0n) is 14.8. The molecular formula is C18H27NO4. The van der Waals surface area contributed by atoms with Gasteiger partial charge in [0.15, 0.2) is 0 Å². The number of rotatable bonds is 5. The van der Waals surface area contributed by atoms with Crippen LogP contribution in [0.5, 0.6) is 0 Å². The van der Waals surface area contributed by atoms with Crippen LogP contribution in [0.3, 0.4) is 0 Å². The number of carboxylic acids is 1. The van der Waals surface area contributed by atoms with Crippen LogP contribution in [0.2, 0.25) is 0 Å². The molecule has 0 spiro atoms. The lowest BCUT2D eigenvalue weighted by molar-refractivity contribution is -0.147. The first-order chi connectivity index (χ1) is 10.4. The van der Waals surface area contributed by atoms with E-state index in [2.05, 4.69) is 0 Å². The highest BCUT2D eigenvalue weighted by Gasteiger charge is 2.33. The van der Waals surface area contributed by atoms with Crippen molar-refractivity contribution >= 4 is 12.1 Å². The summed E-state index contributed by atoms with van der Waals surface area (Å²) in [5.74, 6) is -0.949. The number of hydrogen-bond acceptors (Lipinski definition) is 3. The summed E-state index contributed by atoms with van der Waals surface area (Å²) in [6.07, 6.45) is -0.507. The standard InChI is InChI=1S/C18H27NO4/c1-13-7-9-14(10-8-13)11-19(12-18(5,6)15(20)21)16(22)23-17(2,3)4/h7-10H,11-12H2,1-6H3,(H,20,21). The van der Waals surface area contributed by atoms with E-state index in [4.69, 9.17) is 4.74 Å². The second-order valence-corrected chi connectivity index (χ2v) is 7.51. The number of carbonyl (C=O) groups is 2. The Morgan fingerprint density at radius 1 is 1.09 bits per heavy atom. The highest BCUT2D eigenvalue weighted by atomic mass is 16.6. The highest BCUT2D eigenvalue weighted by molar-refractivity contribution is 5.75. The van der Waals surface area contributed by atoms with Crippen LogP contribution in [0.4, 0.5) is 4.79 Å². The second kappa shape index (κ2) is 7.02. The number of carboxylic acid groups (broad SMARTS) is 1. The van der Waals surface area contributed by atoms with E-state index in [0.29, 0.717) is 6.54 Å². The number of nitrogens with zero attached hydrogens (tertiary/aromatic N) is 1. The average Bonchev–Trinajstić information content (AvgIpc) is 2.38. The molecule has 0 heterocycles. The minimum Gasteiger partial charge on any atom is -0.481 e. The molecule has 0 saturated heterocycles. The van der Waals surface area contributed by atoms with Gasteiger partial charge in [-0.2, -0.15) is 0 Å². The predicted octanol–water partition coefficient (Wildman–Crippen LogP) is 3.84. The predicted molar refractivity (Wildman–Crippen MR) is 89.2 cm³/mol. The van der Waals surface area contributed by atoms with Gasteiger partial charge in [0.2, 0.25) is 0 Å². The third-order valence-electron chi connectivity index (χ3n) is 3.31. The van der Waals surface area contributed by atoms with Crippen molar-refractivity contribution in [2.45, 2.75) is 53.7 Å². The molecule has 1 amide bonds. The lowest BCUT2D eigenvalue weighted by atomic mass is 9.93. The Morgan fingerprint density at radius 2 is 1.61 bits per heavy atom. The fourth-order valence-corrected chi connectivity index (χ4v) is 1.97. The quantitative estimate of drug-likeness (QED) is 0.894. The molecule has 0 unspecified atom stereocenters.